The molecule has 1 atom stereocenters. The number of hydrogen-bond donors (Lipinski definition) is 0. The van der Waals surface area contributed by atoms with E-state index in [1.165, 1.54) is 4.88 Å². The molecule has 0 aliphatic carbocycles. The summed E-state index contributed by atoms with van der Waals surface area (Å²) in [5.41, 5.74) is 0. The molecule has 164 valence electrons. The second-order valence-electron chi connectivity index (χ2n) is 7.53. The third kappa shape index (κ3) is 4.73. The van der Waals surface area contributed by atoms with E-state index in [0.29, 0.717) is 42.0 Å². The smallest absolute Gasteiger partial charge is 0.263 e. The van der Waals surface area contributed by atoms with Crippen LogP contribution in [-0.4, -0.2) is 53.1 Å². The van der Waals surface area contributed by atoms with Gasteiger partial charge in [-0.25, -0.2) is 9.97 Å². The third-order valence-corrected chi connectivity index (χ3v) is 7.02. The fourth-order valence-corrected chi connectivity index (χ4v) is 5.14. The molecule has 9 heteroatoms. The number of carbonyl (C=O) groups excluding carboxylic acids is 1. The van der Waals surface area contributed by atoms with E-state index in [1.807, 2.05) is 11.8 Å². The molecule has 4 rings (SSSR count). The lowest BCUT2D eigenvalue weighted by molar-refractivity contribution is -0.138. The van der Waals surface area contributed by atoms with Gasteiger partial charge in [-0.15, -0.1) is 11.3 Å². The molecule has 2 aromatic heterocycles. The van der Waals surface area contributed by atoms with E-state index >= 15 is 0 Å². The van der Waals surface area contributed by atoms with Crippen molar-refractivity contribution in [3.8, 4) is 5.75 Å². The molecule has 0 saturated carbocycles. The van der Waals surface area contributed by atoms with Crippen molar-refractivity contribution in [3.63, 3.8) is 0 Å². The van der Waals surface area contributed by atoms with Gasteiger partial charge in [0.2, 0.25) is 0 Å². The van der Waals surface area contributed by atoms with Gasteiger partial charge in [0, 0.05) is 36.1 Å². The maximum Gasteiger partial charge on any atom is 0.263 e. The van der Waals surface area contributed by atoms with Crippen molar-refractivity contribution in [2.24, 2.45) is 0 Å². The summed E-state index contributed by atoms with van der Waals surface area (Å²) in [6, 6.07) is 7.17. The lowest BCUT2D eigenvalue weighted by atomic mass is 10.2. The van der Waals surface area contributed by atoms with E-state index in [9.17, 15) is 4.79 Å². The predicted molar refractivity (Wildman–Crippen MR) is 127 cm³/mol. The fourth-order valence-electron chi connectivity index (χ4n) is 3.68. The first kappa shape index (κ1) is 22.1. The second-order valence-corrected chi connectivity index (χ2v) is 9.49. The molecule has 1 saturated heterocycles. The molecule has 3 aromatic rings. The monoisotopic (exact) mass is 478 g/mol. The van der Waals surface area contributed by atoms with Crippen molar-refractivity contribution in [3.05, 3.63) is 45.0 Å². The van der Waals surface area contributed by atoms with Gasteiger partial charge in [-0.05, 0) is 44.5 Å². The Kier molecular flexibility index (Phi) is 6.55. The Morgan fingerprint density at radius 1 is 1.19 bits per heavy atom. The van der Waals surface area contributed by atoms with Gasteiger partial charge in [0.05, 0.1) is 10.4 Å². The molecule has 1 unspecified atom stereocenters. The van der Waals surface area contributed by atoms with E-state index in [-0.39, 0.29) is 5.91 Å². The normalized spacial score (nSPS) is 15.4. The molecular weight excluding hydrogens is 455 g/mol. The van der Waals surface area contributed by atoms with Gasteiger partial charge in [-0.2, -0.15) is 0 Å². The molecule has 1 aliphatic heterocycles. The minimum atomic E-state index is -0.637. The van der Waals surface area contributed by atoms with Crippen LogP contribution in [0.5, 0.6) is 5.75 Å². The first-order valence-corrected chi connectivity index (χ1v) is 11.9. The summed E-state index contributed by atoms with van der Waals surface area (Å²) in [7, 11) is 0. The van der Waals surface area contributed by atoms with Crippen molar-refractivity contribution < 1.29 is 9.53 Å². The van der Waals surface area contributed by atoms with Crippen LogP contribution in [-0.2, 0) is 11.2 Å². The number of piperazine rings is 1. The van der Waals surface area contributed by atoms with Crippen LogP contribution >= 0.6 is 34.5 Å². The Balaban J connectivity index is 1.43. The highest BCUT2D eigenvalue weighted by atomic mass is 35.5. The molecule has 6 nitrogen and oxygen atoms in total. The molecule has 0 N–H and O–H groups in total. The first-order valence-electron chi connectivity index (χ1n) is 10.3. The van der Waals surface area contributed by atoms with E-state index in [1.54, 1.807) is 36.5 Å². The van der Waals surface area contributed by atoms with Crippen LogP contribution in [0, 0.1) is 6.92 Å². The fraction of sp³-hybridized carbons (Fsp3) is 0.409. The number of hydrogen-bond acceptors (Lipinski definition) is 6. The largest absolute Gasteiger partial charge is 0.479 e. The Morgan fingerprint density at radius 3 is 2.61 bits per heavy atom. The second kappa shape index (κ2) is 9.18. The van der Waals surface area contributed by atoms with Crippen molar-refractivity contribution in [1.29, 1.82) is 0 Å². The molecule has 31 heavy (non-hydrogen) atoms. The van der Waals surface area contributed by atoms with Gasteiger partial charge in [-0.3, -0.25) is 4.79 Å². The number of aromatic nitrogens is 2. The molecular formula is C22H24Cl2N4O2S. The van der Waals surface area contributed by atoms with Gasteiger partial charge in [0.25, 0.3) is 5.91 Å². The minimum absolute atomic E-state index is 0.0570. The van der Waals surface area contributed by atoms with Crippen LogP contribution in [0.3, 0.4) is 0 Å². The Bertz CT molecular complexity index is 1110. The summed E-state index contributed by atoms with van der Waals surface area (Å²) < 4.78 is 5.80. The number of benzene rings is 1. The molecule has 1 fully saturated rings. The van der Waals surface area contributed by atoms with Gasteiger partial charge in [0.1, 0.15) is 22.2 Å². The highest BCUT2D eigenvalue weighted by molar-refractivity contribution is 7.18. The highest BCUT2D eigenvalue weighted by Crippen LogP contribution is 2.32. The number of nitrogens with zero attached hydrogens (tertiary/aromatic N) is 4. The summed E-state index contributed by atoms with van der Waals surface area (Å²) in [6.45, 7) is 8.46. The summed E-state index contributed by atoms with van der Waals surface area (Å²) in [4.78, 5) is 28.6. The van der Waals surface area contributed by atoms with E-state index < -0.39 is 6.10 Å². The minimum Gasteiger partial charge on any atom is -0.479 e. The number of anilines is 1. The number of aryl methyl sites for hydroxylation is 2. The molecule has 3 heterocycles. The average Bonchev–Trinajstić information content (AvgIpc) is 3.17. The van der Waals surface area contributed by atoms with Gasteiger partial charge in [-0.1, -0.05) is 30.1 Å². The third-order valence-electron chi connectivity index (χ3n) is 5.32. The van der Waals surface area contributed by atoms with Crippen LogP contribution in [0.1, 0.15) is 24.5 Å². The van der Waals surface area contributed by atoms with Gasteiger partial charge in [0.15, 0.2) is 6.10 Å². The van der Waals surface area contributed by atoms with Gasteiger partial charge < -0.3 is 14.5 Å². The first-order chi connectivity index (χ1) is 14.9. The molecule has 1 amide bonds. The predicted octanol–water partition coefficient (Wildman–Crippen LogP) is 4.99. The lowest BCUT2D eigenvalue weighted by Crippen LogP contribution is -2.52. The molecule has 1 aromatic carbocycles. The average molecular weight is 479 g/mol. The van der Waals surface area contributed by atoms with Gasteiger partial charge >= 0.3 is 0 Å². The van der Waals surface area contributed by atoms with Crippen LogP contribution in [0.2, 0.25) is 10.0 Å². The number of thiophene rings is 1. The number of amides is 1. The Labute approximate surface area is 195 Å². The van der Waals surface area contributed by atoms with Crippen molar-refractivity contribution in [2.45, 2.75) is 33.3 Å². The van der Waals surface area contributed by atoms with Crippen molar-refractivity contribution in [1.82, 2.24) is 14.9 Å². The molecule has 0 bridgehead atoms. The standard InChI is InChI=1S/C22H24Cl2N4O2S/c1-4-16-12-17-20(25-14(3)26-21(17)31-16)27-7-9-28(10-8-27)22(29)13(2)30-19-6-5-15(23)11-18(19)24/h5-6,11-13H,4,7-10H2,1-3H3. The SMILES string of the molecule is CCc1cc2c(N3CCN(C(=O)C(C)Oc4ccc(Cl)cc4Cl)CC3)nc(C)nc2s1. The zero-order valence-corrected chi connectivity index (χ0v) is 20.0. The Morgan fingerprint density at radius 2 is 1.94 bits per heavy atom. The quantitative estimate of drug-likeness (QED) is 0.517. The zero-order valence-electron chi connectivity index (χ0n) is 17.7. The number of rotatable bonds is 5. The zero-order chi connectivity index (χ0) is 22.1. The van der Waals surface area contributed by atoms with Crippen LogP contribution in [0.4, 0.5) is 5.82 Å². The molecule has 0 spiro atoms. The van der Waals surface area contributed by atoms with E-state index in [2.05, 4.69) is 22.9 Å². The van der Waals surface area contributed by atoms with Crippen LogP contribution in [0.15, 0.2) is 24.3 Å². The molecule has 0 radical (unpaired) electrons. The lowest BCUT2D eigenvalue weighted by Gasteiger charge is -2.36. The maximum absolute atomic E-state index is 12.9. The summed E-state index contributed by atoms with van der Waals surface area (Å²) >= 11 is 13.8. The Hall–Kier alpha value is -2.09. The molecule has 1 aliphatic rings. The maximum atomic E-state index is 12.9. The number of halogens is 2. The van der Waals surface area contributed by atoms with E-state index in [0.717, 1.165) is 28.3 Å². The van der Waals surface area contributed by atoms with Crippen LogP contribution < -0.4 is 9.64 Å². The topological polar surface area (TPSA) is 58.6 Å². The van der Waals surface area contributed by atoms with E-state index in [4.69, 9.17) is 32.9 Å². The summed E-state index contributed by atoms with van der Waals surface area (Å²) in [6.07, 6.45) is 0.347. The number of ether oxygens (including phenoxy) is 1. The van der Waals surface area contributed by atoms with Crippen molar-refractivity contribution >= 4 is 56.5 Å². The van der Waals surface area contributed by atoms with Crippen molar-refractivity contribution in [2.75, 3.05) is 31.1 Å². The van der Waals surface area contributed by atoms with Crippen LogP contribution in [0.25, 0.3) is 10.2 Å². The summed E-state index contributed by atoms with van der Waals surface area (Å²) in [5, 5.41) is 2.02. The number of carbonyl (C=O) groups is 1. The summed E-state index contributed by atoms with van der Waals surface area (Å²) in [5.74, 6) is 2.13. The number of fused-ring (bicyclic) bond motifs is 1. The highest BCUT2D eigenvalue weighted by Gasteiger charge is 2.28.